The average molecular weight is 496 g/mol. The van der Waals surface area contributed by atoms with Crippen LogP contribution in [0.25, 0.3) is 10.2 Å². The van der Waals surface area contributed by atoms with Crippen LogP contribution in [-0.4, -0.2) is 52.9 Å². The molecule has 5 rings (SSSR count). The summed E-state index contributed by atoms with van der Waals surface area (Å²) < 4.78 is 12.9. The molecule has 1 aliphatic rings. The normalized spacial score (nSPS) is 13.9. The Labute approximate surface area is 205 Å². The standard InChI is InChI=1S/C25H22ClN3O4S/c1-16-19-14-22(34-24(19)29(27-16)15-17-6-2-4-8-20(17)26)25(31)33-21-9-5-3-7-18(21)23(30)28-10-12-32-13-11-28/h2-9,14H,10-13,15H2,1H3. The summed E-state index contributed by atoms with van der Waals surface area (Å²) in [6.07, 6.45) is 0. The van der Waals surface area contributed by atoms with Crippen molar-refractivity contribution in [2.75, 3.05) is 26.3 Å². The Kier molecular flexibility index (Phi) is 6.36. The Hall–Kier alpha value is -3.20. The van der Waals surface area contributed by atoms with Gasteiger partial charge >= 0.3 is 5.97 Å². The molecule has 0 spiro atoms. The summed E-state index contributed by atoms with van der Waals surface area (Å²) in [6, 6.07) is 16.2. The molecule has 9 heteroatoms. The number of amides is 1. The molecule has 3 heterocycles. The van der Waals surface area contributed by atoms with Crippen LogP contribution < -0.4 is 4.74 Å². The number of thiophene rings is 1. The molecule has 34 heavy (non-hydrogen) atoms. The van der Waals surface area contributed by atoms with Gasteiger partial charge in [0.2, 0.25) is 0 Å². The van der Waals surface area contributed by atoms with E-state index in [1.807, 2.05) is 35.9 Å². The van der Waals surface area contributed by atoms with E-state index in [0.29, 0.717) is 48.3 Å². The number of morpholine rings is 1. The van der Waals surface area contributed by atoms with Crippen LogP contribution in [0.5, 0.6) is 5.75 Å². The molecule has 2 aromatic carbocycles. The van der Waals surface area contributed by atoms with Crippen molar-refractivity contribution in [3.63, 3.8) is 0 Å². The zero-order valence-corrected chi connectivity index (χ0v) is 20.1. The summed E-state index contributed by atoms with van der Waals surface area (Å²) in [5.74, 6) is -0.433. The Morgan fingerprint density at radius 3 is 2.65 bits per heavy atom. The molecule has 174 valence electrons. The molecule has 1 fully saturated rings. The number of esters is 1. The smallest absolute Gasteiger partial charge is 0.353 e. The van der Waals surface area contributed by atoms with E-state index >= 15 is 0 Å². The number of para-hydroxylation sites is 1. The second-order valence-electron chi connectivity index (χ2n) is 7.95. The Bertz CT molecular complexity index is 1370. The first kappa shape index (κ1) is 22.6. The summed E-state index contributed by atoms with van der Waals surface area (Å²) >= 11 is 7.64. The summed E-state index contributed by atoms with van der Waals surface area (Å²) in [6.45, 7) is 4.43. The predicted octanol–water partition coefficient (Wildman–Crippen LogP) is 4.80. The topological polar surface area (TPSA) is 73.7 Å². The van der Waals surface area contributed by atoms with Crippen molar-refractivity contribution >= 4 is 45.0 Å². The first-order valence-corrected chi connectivity index (χ1v) is 12.1. The number of fused-ring (bicyclic) bond motifs is 1. The van der Waals surface area contributed by atoms with Crippen molar-refractivity contribution < 1.29 is 19.1 Å². The lowest BCUT2D eigenvalue weighted by Crippen LogP contribution is -2.40. The minimum Gasteiger partial charge on any atom is -0.421 e. The van der Waals surface area contributed by atoms with Gasteiger partial charge in [-0.05, 0) is 36.8 Å². The minimum atomic E-state index is -0.507. The van der Waals surface area contributed by atoms with Crippen LogP contribution in [0.4, 0.5) is 0 Å². The summed E-state index contributed by atoms with van der Waals surface area (Å²) in [5, 5.41) is 6.17. The number of aryl methyl sites for hydroxylation is 1. The summed E-state index contributed by atoms with van der Waals surface area (Å²) in [4.78, 5) is 29.1. The monoisotopic (exact) mass is 495 g/mol. The lowest BCUT2D eigenvalue weighted by atomic mass is 10.1. The maximum atomic E-state index is 13.1. The van der Waals surface area contributed by atoms with Crippen molar-refractivity contribution in [2.45, 2.75) is 13.5 Å². The van der Waals surface area contributed by atoms with Gasteiger partial charge < -0.3 is 14.4 Å². The molecule has 1 saturated heterocycles. The molecule has 0 saturated carbocycles. The average Bonchev–Trinajstić information content (AvgIpc) is 3.42. The van der Waals surface area contributed by atoms with Crippen molar-refractivity contribution in [1.29, 1.82) is 0 Å². The molecule has 0 aliphatic carbocycles. The molecule has 0 N–H and O–H groups in total. The first-order valence-electron chi connectivity index (χ1n) is 10.9. The third-order valence-corrected chi connectivity index (χ3v) is 7.20. The molecule has 1 amide bonds. The van der Waals surface area contributed by atoms with Gasteiger partial charge in [0.15, 0.2) is 0 Å². The lowest BCUT2D eigenvalue weighted by Gasteiger charge is -2.27. The van der Waals surface area contributed by atoms with Crippen LogP contribution in [-0.2, 0) is 11.3 Å². The van der Waals surface area contributed by atoms with Gasteiger partial charge in [0.1, 0.15) is 15.5 Å². The second-order valence-corrected chi connectivity index (χ2v) is 9.39. The number of benzene rings is 2. The third kappa shape index (κ3) is 4.44. The molecule has 4 aromatic rings. The number of aromatic nitrogens is 2. The SMILES string of the molecule is Cc1nn(Cc2ccccc2Cl)c2sc(C(=O)Oc3ccccc3C(=O)N3CCOCC3)cc12. The fraction of sp³-hybridized carbons (Fsp3) is 0.240. The van der Waals surface area contributed by atoms with Crippen molar-refractivity contribution in [2.24, 2.45) is 0 Å². The molecule has 7 nitrogen and oxygen atoms in total. The van der Waals surface area contributed by atoms with Crippen molar-refractivity contribution in [3.8, 4) is 5.75 Å². The van der Waals surface area contributed by atoms with Gasteiger partial charge in [-0.15, -0.1) is 11.3 Å². The highest BCUT2D eigenvalue weighted by molar-refractivity contribution is 7.20. The Balaban J connectivity index is 1.40. The van der Waals surface area contributed by atoms with E-state index in [1.54, 1.807) is 35.2 Å². The summed E-state index contributed by atoms with van der Waals surface area (Å²) in [7, 11) is 0. The van der Waals surface area contributed by atoms with Gasteiger partial charge in [-0.1, -0.05) is 41.9 Å². The number of carbonyl (C=O) groups is 2. The molecular formula is C25H22ClN3O4S. The minimum absolute atomic E-state index is 0.172. The van der Waals surface area contributed by atoms with E-state index in [0.717, 1.165) is 21.5 Å². The van der Waals surface area contributed by atoms with Gasteiger partial charge in [-0.25, -0.2) is 4.79 Å². The molecular weight excluding hydrogens is 474 g/mol. The van der Waals surface area contributed by atoms with Gasteiger partial charge in [0.25, 0.3) is 5.91 Å². The van der Waals surface area contributed by atoms with E-state index in [-0.39, 0.29) is 11.7 Å². The molecule has 0 atom stereocenters. The van der Waals surface area contributed by atoms with Crippen LogP contribution >= 0.6 is 22.9 Å². The zero-order valence-electron chi connectivity index (χ0n) is 18.5. The molecule has 1 aliphatic heterocycles. The maximum absolute atomic E-state index is 13.1. The van der Waals surface area contributed by atoms with E-state index < -0.39 is 5.97 Å². The van der Waals surface area contributed by atoms with Crippen molar-refractivity contribution in [1.82, 2.24) is 14.7 Å². The van der Waals surface area contributed by atoms with Crippen LogP contribution in [0.15, 0.2) is 54.6 Å². The van der Waals surface area contributed by atoms with Crippen LogP contribution in [0.1, 0.15) is 31.3 Å². The molecule has 2 aromatic heterocycles. The number of carbonyl (C=O) groups excluding carboxylic acids is 2. The third-order valence-electron chi connectivity index (χ3n) is 5.70. The fourth-order valence-electron chi connectivity index (χ4n) is 3.93. The van der Waals surface area contributed by atoms with Gasteiger partial charge in [-0.3, -0.25) is 9.48 Å². The largest absolute Gasteiger partial charge is 0.421 e. The number of ether oxygens (including phenoxy) is 2. The van der Waals surface area contributed by atoms with E-state index in [4.69, 9.17) is 21.1 Å². The predicted molar refractivity (Wildman–Crippen MR) is 131 cm³/mol. The molecule has 0 bridgehead atoms. The fourth-order valence-corrected chi connectivity index (χ4v) is 5.16. The number of nitrogens with zero attached hydrogens (tertiary/aromatic N) is 3. The van der Waals surface area contributed by atoms with Crippen LogP contribution in [0.3, 0.4) is 0 Å². The number of halogens is 1. The van der Waals surface area contributed by atoms with E-state index in [1.165, 1.54) is 11.3 Å². The quantitative estimate of drug-likeness (QED) is 0.294. The van der Waals surface area contributed by atoms with Gasteiger partial charge in [0, 0.05) is 23.5 Å². The van der Waals surface area contributed by atoms with Gasteiger partial charge in [-0.2, -0.15) is 5.10 Å². The highest BCUT2D eigenvalue weighted by Gasteiger charge is 2.24. The van der Waals surface area contributed by atoms with E-state index in [9.17, 15) is 9.59 Å². The van der Waals surface area contributed by atoms with Crippen LogP contribution in [0.2, 0.25) is 5.02 Å². The van der Waals surface area contributed by atoms with E-state index in [2.05, 4.69) is 5.10 Å². The maximum Gasteiger partial charge on any atom is 0.353 e. The Morgan fingerprint density at radius 1 is 1.12 bits per heavy atom. The summed E-state index contributed by atoms with van der Waals surface area (Å²) in [5.41, 5.74) is 2.13. The van der Waals surface area contributed by atoms with Crippen molar-refractivity contribution in [3.05, 3.63) is 81.3 Å². The highest BCUT2D eigenvalue weighted by atomic mass is 35.5. The lowest BCUT2D eigenvalue weighted by molar-refractivity contribution is 0.0300. The second kappa shape index (κ2) is 9.58. The molecule has 0 unspecified atom stereocenters. The number of rotatable bonds is 5. The van der Waals surface area contributed by atoms with Crippen LogP contribution in [0, 0.1) is 6.92 Å². The Morgan fingerprint density at radius 2 is 1.85 bits per heavy atom. The zero-order chi connectivity index (χ0) is 23.7. The molecule has 0 radical (unpaired) electrons. The number of hydrogen-bond acceptors (Lipinski definition) is 6. The van der Waals surface area contributed by atoms with Gasteiger partial charge in [0.05, 0.1) is 31.0 Å². The number of hydrogen-bond donors (Lipinski definition) is 0. The first-order chi connectivity index (χ1) is 16.5. The highest BCUT2D eigenvalue weighted by Crippen LogP contribution is 2.31.